The van der Waals surface area contributed by atoms with E-state index in [0.717, 1.165) is 73.3 Å². The Balaban J connectivity index is 2.47. The van der Waals surface area contributed by atoms with E-state index >= 15 is 0 Å². The van der Waals surface area contributed by atoms with Crippen LogP contribution in [0.5, 0.6) is 0 Å². The lowest BCUT2D eigenvalue weighted by molar-refractivity contribution is 0.480. The van der Waals surface area contributed by atoms with E-state index in [2.05, 4.69) is 13.8 Å². The van der Waals surface area contributed by atoms with Crippen LogP contribution in [0, 0.1) is 0 Å². The van der Waals surface area contributed by atoms with Gasteiger partial charge in [-0.2, -0.15) is 8.42 Å². The zero-order valence-corrected chi connectivity index (χ0v) is 16.9. The van der Waals surface area contributed by atoms with Crippen LogP contribution >= 0.6 is 0 Å². The number of hydrogen-bond donors (Lipinski definition) is 1. The van der Waals surface area contributed by atoms with Gasteiger partial charge in [-0.1, -0.05) is 76.6 Å². The summed E-state index contributed by atoms with van der Waals surface area (Å²) in [5.74, 6) is 0. The third-order valence-electron chi connectivity index (χ3n) is 5.02. The van der Waals surface area contributed by atoms with E-state index in [0.29, 0.717) is 12.8 Å². The highest BCUT2D eigenvalue weighted by atomic mass is 32.2. The Hall–Kier alpha value is -1.39. The largest absolute Gasteiger partial charge is 0.295 e. The molecule has 4 heteroatoms. The summed E-state index contributed by atoms with van der Waals surface area (Å²) in [7, 11) is -4.24. The molecule has 0 aliphatic carbocycles. The molecule has 0 aromatic heterocycles. The van der Waals surface area contributed by atoms with Crippen LogP contribution in [-0.4, -0.2) is 13.0 Å². The topological polar surface area (TPSA) is 54.4 Å². The number of fused-ring (bicyclic) bond motifs is 1. The first-order valence-electron chi connectivity index (χ1n) is 10.00. The molecule has 0 amide bonds. The first-order valence-corrected chi connectivity index (χ1v) is 11.4. The van der Waals surface area contributed by atoms with Gasteiger partial charge in [0, 0.05) is 0 Å². The Kier molecular flexibility index (Phi) is 8.11. The molecule has 144 valence electrons. The van der Waals surface area contributed by atoms with Crippen molar-refractivity contribution in [2.24, 2.45) is 0 Å². The molecule has 0 aliphatic rings. The molecule has 2 rings (SSSR count). The van der Waals surface area contributed by atoms with E-state index in [1.165, 1.54) is 0 Å². The van der Waals surface area contributed by atoms with Gasteiger partial charge >= 0.3 is 0 Å². The fraction of sp³-hybridized carbons (Fsp3) is 0.545. The molecule has 0 bridgehead atoms. The summed E-state index contributed by atoms with van der Waals surface area (Å²) >= 11 is 0. The first-order chi connectivity index (χ1) is 12.5. The van der Waals surface area contributed by atoms with Crippen molar-refractivity contribution in [1.82, 2.24) is 0 Å². The van der Waals surface area contributed by atoms with E-state index < -0.39 is 10.1 Å². The third-order valence-corrected chi connectivity index (χ3v) is 6.04. The third kappa shape index (κ3) is 5.55. The van der Waals surface area contributed by atoms with Crippen molar-refractivity contribution >= 4 is 20.9 Å². The number of hydrogen-bond acceptors (Lipinski definition) is 2. The monoisotopic (exact) mass is 376 g/mol. The highest BCUT2D eigenvalue weighted by Crippen LogP contribution is 2.32. The lowest BCUT2D eigenvalue weighted by Crippen LogP contribution is -2.09. The molecule has 0 saturated carbocycles. The van der Waals surface area contributed by atoms with Gasteiger partial charge in [0.25, 0.3) is 10.1 Å². The van der Waals surface area contributed by atoms with Gasteiger partial charge in [-0.3, -0.25) is 4.55 Å². The summed E-state index contributed by atoms with van der Waals surface area (Å²) < 4.78 is 34.5. The van der Waals surface area contributed by atoms with Gasteiger partial charge in [-0.15, -0.1) is 0 Å². The standard InChI is InChI=1S/C22H32O3S/c1-3-5-7-9-14-19-17-18-13-11-12-15-20(18)21(16-10-8-6-4-2)22(19)26(23,24)25/h11-13,15,17H,3-10,14,16H2,1-2H3,(H,23,24,25). The molecule has 26 heavy (non-hydrogen) atoms. The summed E-state index contributed by atoms with van der Waals surface area (Å²) in [4.78, 5) is 0.171. The minimum atomic E-state index is -4.24. The van der Waals surface area contributed by atoms with E-state index in [1.807, 2.05) is 30.3 Å². The molecule has 0 fully saturated rings. The van der Waals surface area contributed by atoms with E-state index in [1.54, 1.807) is 0 Å². The van der Waals surface area contributed by atoms with Crippen LogP contribution < -0.4 is 0 Å². The Bertz CT molecular complexity index is 809. The summed E-state index contributed by atoms with van der Waals surface area (Å²) in [5.41, 5.74) is 1.57. The molecule has 1 N–H and O–H groups in total. The average Bonchev–Trinajstić information content (AvgIpc) is 2.61. The maximum Gasteiger partial charge on any atom is 0.295 e. The molecule has 0 heterocycles. The molecule has 0 atom stereocenters. The lowest BCUT2D eigenvalue weighted by atomic mass is 9.94. The predicted octanol–water partition coefficient (Wildman–Crippen LogP) is 6.33. The highest BCUT2D eigenvalue weighted by Gasteiger charge is 2.22. The average molecular weight is 377 g/mol. The number of rotatable bonds is 11. The minimum absolute atomic E-state index is 0.171. The van der Waals surface area contributed by atoms with Gasteiger partial charge in [0.05, 0.1) is 0 Å². The number of aryl methyl sites for hydroxylation is 2. The van der Waals surface area contributed by atoms with Crippen molar-refractivity contribution in [3.05, 3.63) is 41.5 Å². The molecule has 2 aromatic carbocycles. The van der Waals surface area contributed by atoms with Crippen LogP contribution in [-0.2, 0) is 23.0 Å². The Morgan fingerprint density at radius 1 is 0.846 bits per heavy atom. The van der Waals surface area contributed by atoms with Gasteiger partial charge in [0.15, 0.2) is 0 Å². The number of unbranched alkanes of at least 4 members (excludes halogenated alkanes) is 6. The summed E-state index contributed by atoms with van der Waals surface area (Å²) in [6.07, 6.45) is 10.0. The lowest BCUT2D eigenvalue weighted by Gasteiger charge is -2.16. The predicted molar refractivity (Wildman–Crippen MR) is 109 cm³/mol. The second kappa shape index (κ2) is 10.1. The summed E-state index contributed by atoms with van der Waals surface area (Å²) in [5, 5.41) is 2.02. The molecule has 0 aliphatic heterocycles. The van der Waals surface area contributed by atoms with Crippen LogP contribution in [0.2, 0.25) is 0 Å². The zero-order chi connectivity index (χ0) is 19.0. The van der Waals surface area contributed by atoms with Crippen LogP contribution in [0.15, 0.2) is 35.2 Å². The zero-order valence-electron chi connectivity index (χ0n) is 16.1. The smallest absolute Gasteiger partial charge is 0.282 e. The minimum Gasteiger partial charge on any atom is -0.282 e. The Labute approximate surface area is 158 Å². The molecular formula is C22H32O3S. The van der Waals surface area contributed by atoms with Crippen molar-refractivity contribution in [2.75, 3.05) is 0 Å². The van der Waals surface area contributed by atoms with Gasteiger partial charge in [-0.25, -0.2) is 0 Å². The van der Waals surface area contributed by atoms with Gasteiger partial charge < -0.3 is 0 Å². The quantitative estimate of drug-likeness (QED) is 0.368. The van der Waals surface area contributed by atoms with Crippen molar-refractivity contribution in [3.8, 4) is 0 Å². The first kappa shape index (κ1) is 20.9. The maximum absolute atomic E-state index is 12.3. The summed E-state index contributed by atoms with van der Waals surface area (Å²) in [6.45, 7) is 4.32. The fourth-order valence-corrected chi connectivity index (χ4v) is 4.71. The molecule has 0 saturated heterocycles. The van der Waals surface area contributed by atoms with Crippen molar-refractivity contribution in [3.63, 3.8) is 0 Å². The van der Waals surface area contributed by atoms with Crippen molar-refractivity contribution in [1.29, 1.82) is 0 Å². The van der Waals surface area contributed by atoms with Crippen LogP contribution in [0.4, 0.5) is 0 Å². The maximum atomic E-state index is 12.3. The molecule has 0 unspecified atom stereocenters. The van der Waals surface area contributed by atoms with Crippen molar-refractivity contribution in [2.45, 2.75) is 83.0 Å². The Morgan fingerprint density at radius 3 is 2.08 bits per heavy atom. The van der Waals surface area contributed by atoms with Gasteiger partial charge in [0.1, 0.15) is 4.90 Å². The van der Waals surface area contributed by atoms with Crippen molar-refractivity contribution < 1.29 is 13.0 Å². The van der Waals surface area contributed by atoms with E-state index in [9.17, 15) is 13.0 Å². The van der Waals surface area contributed by atoms with Crippen LogP contribution in [0.1, 0.15) is 76.3 Å². The normalized spacial score (nSPS) is 12.0. The van der Waals surface area contributed by atoms with Crippen LogP contribution in [0.3, 0.4) is 0 Å². The molecule has 0 spiro atoms. The molecule has 2 aromatic rings. The SMILES string of the molecule is CCCCCCc1cc2ccccc2c(CCCCCC)c1S(=O)(=O)O. The molecule has 3 nitrogen and oxygen atoms in total. The second-order valence-corrected chi connectivity index (χ2v) is 8.52. The summed E-state index contributed by atoms with van der Waals surface area (Å²) in [6, 6.07) is 9.89. The highest BCUT2D eigenvalue weighted by molar-refractivity contribution is 7.86. The van der Waals surface area contributed by atoms with Gasteiger partial charge in [0.2, 0.25) is 0 Å². The number of benzene rings is 2. The fourth-order valence-electron chi connectivity index (χ4n) is 3.69. The molecular weight excluding hydrogens is 344 g/mol. The van der Waals surface area contributed by atoms with Gasteiger partial charge in [-0.05, 0) is 53.6 Å². The second-order valence-electron chi connectivity index (χ2n) is 7.16. The molecule has 0 radical (unpaired) electrons. The van der Waals surface area contributed by atoms with E-state index in [4.69, 9.17) is 0 Å². The Morgan fingerprint density at radius 2 is 1.46 bits per heavy atom. The van der Waals surface area contributed by atoms with E-state index in [-0.39, 0.29) is 4.90 Å². The van der Waals surface area contributed by atoms with Crippen LogP contribution in [0.25, 0.3) is 10.8 Å².